The lowest BCUT2D eigenvalue weighted by atomic mass is 9.96. The van der Waals surface area contributed by atoms with E-state index in [9.17, 15) is 26.7 Å². The maximum Gasteiger partial charge on any atom is 0.416 e. The molecule has 0 radical (unpaired) electrons. The summed E-state index contributed by atoms with van der Waals surface area (Å²) in [6.07, 6.45) is -3.33. The summed E-state index contributed by atoms with van der Waals surface area (Å²) in [5, 5.41) is 13.4. The number of hydrogen-bond acceptors (Lipinski definition) is 7. The molecule has 226 valence electrons. The molecule has 1 amide bonds. The number of benzene rings is 2. The highest BCUT2D eigenvalue weighted by Gasteiger charge is 2.46. The predicted molar refractivity (Wildman–Crippen MR) is 152 cm³/mol. The molecule has 4 aromatic rings. The van der Waals surface area contributed by atoms with E-state index in [2.05, 4.69) is 31.0 Å². The molecular weight excluding hydrogens is 571 g/mol. The van der Waals surface area contributed by atoms with Crippen LogP contribution in [0.15, 0.2) is 54.9 Å². The molecule has 1 fully saturated rings. The van der Waals surface area contributed by atoms with E-state index in [0.717, 1.165) is 17.7 Å². The molecule has 3 heterocycles. The zero-order chi connectivity index (χ0) is 31.1. The number of nitrogens with zero attached hydrogens (tertiary/aromatic N) is 5. The second-order valence-corrected chi connectivity index (χ2v) is 10.5. The van der Waals surface area contributed by atoms with Gasteiger partial charge >= 0.3 is 6.18 Å². The molecule has 43 heavy (non-hydrogen) atoms. The van der Waals surface area contributed by atoms with Crippen LogP contribution in [-0.4, -0.2) is 56.6 Å². The highest BCUT2D eigenvalue weighted by molar-refractivity contribution is 6.04. The van der Waals surface area contributed by atoms with Crippen molar-refractivity contribution in [2.24, 2.45) is 0 Å². The summed E-state index contributed by atoms with van der Waals surface area (Å²) in [5.74, 6) is -1.97. The van der Waals surface area contributed by atoms with Gasteiger partial charge in [-0.05, 0) is 62.2 Å². The minimum absolute atomic E-state index is 0.122. The maximum atomic E-state index is 13.7. The van der Waals surface area contributed by atoms with Gasteiger partial charge in [-0.15, -0.1) is 0 Å². The maximum absolute atomic E-state index is 13.7. The number of anilines is 4. The standard InChI is InChI=1S/C29H29F5N8O/c1-16-5-6-22(11-23(16)39-26-7-17(2)40-42(26)25-12-24(35-4)36-15-37-25)38-27(43)20-8-19(9-21(10-20)29(32,33)34)18(3)41-13-28(30,31)14-41/h5-12,15,18,39H,13-14H2,1-4H3,(H,38,43)(H,35,36,37). The van der Waals surface area contributed by atoms with Crippen molar-refractivity contribution in [2.75, 3.05) is 36.1 Å². The van der Waals surface area contributed by atoms with Crippen molar-refractivity contribution in [3.05, 3.63) is 82.8 Å². The van der Waals surface area contributed by atoms with Gasteiger partial charge in [-0.1, -0.05) is 6.07 Å². The molecule has 2 aromatic carbocycles. The Morgan fingerprint density at radius 1 is 1.02 bits per heavy atom. The van der Waals surface area contributed by atoms with Crippen LogP contribution >= 0.6 is 0 Å². The monoisotopic (exact) mass is 600 g/mol. The van der Waals surface area contributed by atoms with E-state index in [-0.39, 0.29) is 11.1 Å². The lowest BCUT2D eigenvalue weighted by Gasteiger charge is -2.43. The third-order valence-electron chi connectivity index (χ3n) is 7.16. The van der Waals surface area contributed by atoms with Crippen LogP contribution in [-0.2, 0) is 6.18 Å². The summed E-state index contributed by atoms with van der Waals surface area (Å²) in [6.45, 7) is 4.10. The van der Waals surface area contributed by atoms with Crippen LogP contribution in [0.1, 0.15) is 45.7 Å². The number of amides is 1. The average molecular weight is 601 g/mol. The Kier molecular flexibility index (Phi) is 7.82. The Hall–Kier alpha value is -4.59. The largest absolute Gasteiger partial charge is 0.416 e. The fourth-order valence-electron chi connectivity index (χ4n) is 4.76. The van der Waals surface area contributed by atoms with Crippen LogP contribution in [0.3, 0.4) is 0 Å². The van der Waals surface area contributed by atoms with Gasteiger partial charge in [0.05, 0.1) is 24.3 Å². The van der Waals surface area contributed by atoms with Gasteiger partial charge in [0.1, 0.15) is 18.0 Å². The predicted octanol–water partition coefficient (Wildman–Crippen LogP) is 6.35. The van der Waals surface area contributed by atoms with Crippen LogP contribution in [0.25, 0.3) is 5.82 Å². The molecule has 14 heteroatoms. The fourth-order valence-corrected chi connectivity index (χ4v) is 4.76. The molecule has 1 atom stereocenters. The second kappa shape index (κ2) is 11.2. The molecular formula is C29H29F5N8O. The number of rotatable bonds is 8. The van der Waals surface area contributed by atoms with Gasteiger partial charge < -0.3 is 16.0 Å². The summed E-state index contributed by atoms with van der Waals surface area (Å²) >= 11 is 0. The highest BCUT2D eigenvalue weighted by atomic mass is 19.4. The van der Waals surface area contributed by atoms with Crippen LogP contribution < -0.4 is 16.0 Å². The third-order valence-corrected chi connectivity index (χ3v) is 7.16. The molecule has 5 rings (SSSR count). The van der Waals surface area contributed by atoms with Crippen molar-refractivity contribution in [3.8, 4) is 5.82 Å². The summed E-state index contributed by atoms with van der Waals surface area (Å²) in [5.41, 5.74) is 1.33. The first-order chi connectivity index (χ1) is 20.2. The van der Waals surface area contributed by atoms with Crippen molar-refractivity contribution >= 4 is 28.9 Å². The smallest absolute Gasteiger partial charge is 0.373 e. The van der Waals surface area contributed by atoms with E-state index in [1.165, 1.54) is 24.2 Å². The molecule has 0 saturated carbocycles. The minimum Gasteiger partial charge on any atom is -0.373 e. The summed E-state index contributed by atoms with van der Waals surface area (Å²) in [6, 6.07) is 10.8. The summed E-state index contributed by atoms with van der Waals surface area (Å²) in [7, 11) is 1.73. The minimum atomic E-state index is -4.73. The zero-order valence-corrected chi connectivity index (χ0v) is 23.7. The number of aryl methyl sites for hydroxylation is 2. The van der Waals surface area contributed by atoms with Crippen molar-refractivity contribution < 1.29 is 26.7 Å². The quantitative estimate of drug-likeness (QED) is 0.203. The van der Waals surface area contributed by atoms with Crippen LogP contribution in [0.4, 0.5) is 45.0 Å². The number of alkyl halides is 5. The first kappa shape index (κ1) is 29.9. The summed E-state index contributed by atoms with van der Waals surface area (Å²) < 4.78 is 69.6. The Morgan fingerprint density at radius 2 is 1.77 bits per heavy atom. The molecule has 2 aromatic heterocycles. The zero-order valence-electron chi connectivity index (χ0n) is 23.7. The van der Waals surface area contributed by atoms with Crippen LogP contribution in [0.2, 0.25) is 0 Å². The molecule has 1 unspecified atom stereocenters. The van der Waals surface area contributed by atoms with E-state index in [4.69, 9.17) is 0 Å². The molecule has 1 aliphatic heterocycles. The first-order valence-electron chi connectivity index (χ1n) is 13.3. The number of halogens is 5. The molecule has 3 N–H and O–H groups in total. The van der Waals surface area contributed by atoms with Gasteiger partial charge in [0.2, 0.25) is 0 Å². The highest BCUT2D eigenvalue weighted by Crippen LogP contribution is 2.38. The Labute approximate surface area is 244 Å². The van der Waals surface area contributed by atoms with E-state index in [1.54, 1.807) is 36.0 Å². The van der Waals surface area contributed by atoms with Gasteiger partial charge in [0.25, 0.3) is 11.8 Å². The molecule has 0 spiro atoms. The fraction of sp³-hybridized carbons (Fsp3) is 0.310. The van der Waals surface area contributed by atoms with Gasteiger partial charge in [0.15, 0.2) is 5.82 Å². The van der Waals surface area contributed by atoms with Crippen molar-refractivity contribution in [1.82, 2.24) is 24.6 Å². The average Bonchev–Trinajstić information content (AvgIpc) is 3.32. The lowest BCUT2D eigenvalue weighted by Crippen LogP contribution is -2.56. The number of aromatic nitrogens is 4. The van der Waals surface area contributed by atoms with Crippen LogP contribution in [0.5, 0.6) is 0 Å². The number of nitrogens with one attached hydrogen (secondary N) is 3. The van der Waals surface area contributed by atoms with Gasteiger partial charge in [-0.25, -0.2) is 18.7 Å². The van der Waals surface area contributed by atoms with Gasteiger partial charge in [-0.3, -0.25) is 9.69 Å². The Balaban J connectivity index is 1.40. The summed E-state index contributed by atoms with van der Waals surface area (Å²) in [4.78, 5) is 23.0. The molecule has 0 aliphatic carbocycles. The van der Waals surface area contributed by atoms with Crippen molar-refractivity contribution in [1.29, 1.82) is 0 Å². The van der Waals surface area contributed by atoms with Crippen LogP contribution in [0, 0.1) is 13.8 Å². The first-order valence-corrected chi connectivity index (χ1v) is 13.3. The number of likely N-dealkylation sites (tertiary alicyclic amines) is 1. The van der Waals surface area contributed by atoms with E-state index >= 15 is 0 Å². The normalized spacial score (nSPS) is 15.5. The number of carbonyl (C=O) groups is 1. The second-order valence-electron chi connectivity index (χ2n) is 10.5. The van der Waals surface area contributed by atoms with Gasteiger partial charge in [-0.2, -0.15) is 23.0 Å². The van der Waals surface area contributed by atoms with E-state index in [0.29, 0.717) is 34.5 Å². The molecule has 1 saturated heterocycles. The molecule has 9 nitrogen and oxygen atoms in total. The van der Waals surface area contributed by atoms with E-state index in [1.807, 2.05) is 19.9 Å². The number of carbonyl (C=O) groups excluding carboxylic acids is 1. The topological polar surface area (TPSA) is 100 Å². The third kappa shape index (κ3) is 6.58. The van der Waals surface area contributed by atoms with Gasteiger partial charge in [0, 0.05) is 42.2 Å². The molecule has 1 aliphatic rings. The molecule has 0 bridgehead atoms. The lowest BCUT2D eigenvalue weighted by molar-refractivity contribution is -0.145. The number of hydrogen-bond donors (Lipinski definition) is 3. The SMILES string of the molecule is CNc1cc(-n2nc(C)cc2Nc2cc(NC(=O)c3cc(C(C)N4CC(F)(F)C4)cc(C(F)(F)F)c3)ccc2C)ncn1. The van der Waals surface area contributed by atoms with E-state index < -0.39 is 42.7 Å². The Morgan fingerprint density at radius 3 is 2.44 bits per heavy atom. The van der Waals surface area contributed by atoms with Crippen molar-refractivity contribution in [2.45, 2.75) is 38.9 Å². The van der Waals surface area contributed by atoms with Crippen molar-refractivity contribution in [3.63, 3.8) is 0 Å². The Bertz CT molecular complexity index is 1660.